The maximum Gasteiger partial charge on any atom is 0.258 e. The number of amides is 1. The number of methoxy groups -OCH3 is 2. The van der Waals surface area contributed by atoms with Gasteiger partial charge in [0, 0.05) is 29.1 Å². The number of hydrogen-bond acceptors (Lipinski definition) is 5. The number of rotatable bonds is 7. The minimum absolute atomic E-state index is 0.00276. The van der Waals surface area contributed by atoms with Crippen LogP contribution < -0.4 is 25.8 Å². The summed E-state index contributed by atoms with van der Waals surface area (Å²) in [5.74, 6) is 1.39. The molecule has 0 radical (unpaired) electrons. The lowest BCUT2D eigenvalue weighted by atomic mass is 9.97. The molecule has 3 rings (SSSR count). The van der Waals surface area contributed by atoms with Crippen molar-refractivity contribution in [2.45, 2.75) is 33.2 Å². The topological polar surface area (TPSA) is 85.6 Å². The maximum absolute atomic E-state index is 12.7. The number of nitrogens with two attached hydrogens (primary N) is 1. The van der Waals surface area contributed by atoms with E-state index < -0.39 is 0 Å². The predicted molar refractivity (Wildman–Crippen MR) is 117 cm³/mol. The van der Waals surface area contributed by atoms with Crippen molar-refractivity contribution in [3.8, 4) is 11.5 Å². The lowest BCUT2D eigenvalue weighted by Gasteiger charge is -2.17. The molecule has 1 amide bonds. The van der Waals surface area contributed by atoms with Crippen LogP contribution in [0.5, 0.6) is 11.5 Å². The molecular formula is C23H29N3O3. The molecule has 6 heteroatoms. The van der Waals surface area contributed by atoms with Crippen molar-refractivity contribution in [3.05, 3.63) is 53.2 Å². The van der Waals surface area contributed by atoms with Gasteiger partial charge in [-0.15, -0.1) is 0 Å². The maximum atomic E-state index is 12.7. The number of allylic oxidation sites excluding steroid dienone is 1. The van der Waals surface area contributed by atoms with E-state index in [0.717, 1.165) is 22.5 Å². The van der Waals surface area contributed by atoms with Crippen molar-refractivity contribution >= 4 is 22.9 Å². The third kappa shape index (κ3) is 4.07. The van der Waals surface area contributed by atoms with Gasteiger partial charge < -0.3 is 25.8 Å². The van der Waals surface area contributed by atoms with Gasteiger partial charge in [-0.25, -0.2) is 0 Å². The van der Waals surface area contributed by atoms with Gasteiger partial charge in [0.15, 0.2) is 11.5 Å². The van der Waals surface area contributed by atoms with Crippen LogP contribution in [0.2, 0.25) is 0 Å². The first-order chi connectivity index (χ1) is 13.9. The second kappa shape index (κ2) is 8.57. The van der Waals surface area contributed by atoms with E-state index in [4.69, 9.17) is 15.2 Å². The molecule has 1 heterocycles. The average Bonchev–Trinajstić information content (AvgIpc) is 3.05. The molecule has 0 aliphatic carbocycles. The van der Waals surface area contributed by atoms with Crippen LogP contribution in [0.1, 0.15) is 44.4 Å². The van der Waals surface area contributed by atoms with Gasteiger partial charge >= 0.3 is 0 Å². The molecule has 0 bridgehead atoms. The van der Waals surface area contributed by atoms with Gasteiger partial charge in [0.05, 0.1) is 25.5 Å². The second-order valence-electron chi connectivity index (χ2n) is 7.43. The predicted octanol–water partition coefficient (Wildman–Crippen LogP) is 4.54. The molecule has 1 aliphatic rings. The normalized spacial score (nSPS) is 15.6. The zero-order chi connectivity index (χ0) is 21.1. The number of anilines is 2. The Bertz CT molecular complexity index is 933. The SMILES string of the molecule is CC/C(Nc1ccc(C(N)C(C)C)cc1)=C1/C(=O)Nc2cc(OC)c(OC)cc21. The van der Waals surface area contributed by atoms with Crippen LogP contribution in [0.25, 0.3) is 5.57 Å². The molecule has 0 spiro atoms. The van der Waals surface area contributed by atoms with Crippen molar-refractivity contribution in [1.29, 1.82) is 0 Å². The van der Waals surface area contributed by atoms with Gasteiger partial charge in [-0.3, -0.25) is 4.79 Å². The minimum atomic E-state index is -0.141. The van der Waals surface area contributed by atoms with E-state index in [9.17, 15) is 4.79 Å². The van der Waals surface area contributed by atoms with E-state index in [-0.39, 0.29) is 11.9 Å². The highest BCUT2D eigenvalue weighted by atomic mass is 16.5. The number of hydrogen-bond donors (Lipinski definition) is 3. The van der Waals surface area contributed by atoms with Crippen molar-refractivity contribution in [2.24, 2.45) is 11.7 Å². The Morgan fingerprint density at radius 3 is 2.28 bits per heavy atom. The number of carbonyl (C=O) groups is 1. The fourth-order valence-electron chi connectivity index (χ4n) is 3.47. The van der Waals surface area contributed by atoms with Gasteiger partial charge in [-0.2, -0.15) is 0 Å². The first-order valence-corrected chi connectivity index (χ1v) is 9.83. The third-order valence-corrected chi connectivity index (χ3v) is 5.23. The van der Waals surface area contributed by atoms with Crippen LogP contribution >= 0.6 is 0 Å². The summed E-state index contributed by atoms with van der Waals surface area (Å²) < 4.78 is 10.8. The second-order valence-corrected chi connectivity index (χ2v) is 7.43. The number of fused-ring (bicyclic) bond motifs is 1. The Morgan fingerprint density at radius 2 is 1.72 bits per heavy atom. The van der Waals surface area contributed by atoms with E-state index >= 15 is 0 Å². The van der Waals surface area contributed by atoms with Crippen molar-refractivity contribution in [3.63, 3.8) is 0 Å². The third-order valence-electron chi connectivity index (χ3n) is 5.23. The van der Waals surface area contributed by atoms with Crippen LogP contribution in [0.4, 0.5) is 11.4 Å². The standard InChI is InChI=1S/C23H29N3O3/c1-6-17(25-15-9-7-14(8-10-15)22(24)13(2)3)21-16-11-19(28-4)20(29-5)12-18(16)26-23(21)27/h7-13,22,25H,6,24H2,1-5H3,(H,26,27)/b21-17-. The zero-order valence-electron chi connectivity index (χ0n) is 17.6. The Morgan fingerprint density at radius 1 is 1.10 bits per heavy atom. The molecule has 1 unspecified atom stereocenters. The van der Waals surface area contributed by atoms with E-state index in [1.54, 1.807) is 20.3 Å². The van der Waals surface area contributed by atoms with Crippen LogP contribution in [-0.4, -0.2) is 20.1 Å². The number of nitrogens with one attached hydrogen (secondary N) is 2. The molecule has 0 fully saturated rings. The van der Waals surface area contributed by atoms with Crippen LogP contribution in [0.15, 0.2) is 42.1 Å². The summed E-state index contributed by atoms with van der Waals surface area (Å²) in [7, 11) is 3.16. The average molecular weight is 396 g/mol. The summed E-state index contributed by atoms with van der Waals surface area (Å²) in [4.78, 5) is 12.7. The van der Waals surface area contributed by atoms with Crippen LogP contribution in [-0.2, 0) is 4.79 Å². The molecule has 0 saturated carbocycles. The number of benzene rings is 2. The Kier molecular flexibility index (Phi) is 6.13. The van der Waals surface area contributed by atoms with E-state index in [1.165, 1.54) is 0 Å². The molecule has 154 valence electrons. The lowest BCUT2D eigenvalue weighted by Crippen LogP contribution is -2.16. The smallest absolute Gasteiger partial charge is 0.258 e. The summed E-state index contributed by atoms with van der Waals surface area (Å²) in [6, 6.07) is 11.7. The first-order valence-electron chi connectivity index (χ1n) is 9.83. The van der Waals surface area contributed by atoms with Gasteiger partial charge in [-0.05, 0) is 36.1 Å². The summed E-state index contributed by atoms with van der Waals surface area (Å²) in [5, 5.41) is 6.33. The molecule has 29 heavy (non-hydrogen) atoms. The molecule has 2 aromatic carbocycles. The first kappa shape index (κ1) is 20.7. The van der Waals surface area contributed by atoms with Gasteiger partial charge in [0.2, 0.25) is 0 Å². The van der Waals surface area contributed by atoms with E-state index in [0.29, 0.717) is 35.1 Å². The number of carbonyl (C=O) groups excluding carboxylic acids is 1. The van der Waals surface area contributed by atoms with Gasteiger partial charge in [0.25, 0.3) is 5.91 Å². The summed E-state index contributed by atoms with van der Waals surface area (Å²) in [5.41, 5.74) is 11.2. The van der Waals surface area contributed by atoms with E-state index in [2.05, 4.69) is 24.5 Å². The van der Waals surface area contributed by atoms with Crippen molar-refractivity contribution in [1.82, 2.24) is 0 Å². The molecule has 6 nitrogen and oxygen atoms in total. The zero-order valence-corrected chi connectivity index (χ0v) is 17.6. The van der Waals surface area contributed by atoms with Gasteiger partial charge in [0.1, 0.15) is 0 Å². The van der Waals surface area contributed by atoms with Crippen LogP contribution in [0, 0.1) is 5.92 Å². The number of ether oxygens (including phenoxy) is 2. The Hall–Kier alpha value is -2.99. The molecule has 4 N–H and O–H groups in total. The molecule has 0 saturated heterocycles. The summed E-state index contributed by atoms with van der Waals surface area (Å²) in [6.07, 6.45) is 0.670. The minimum Gasteiger partial charge on any atom is -0.493 e. The summed E-state index contributed by atoms with van der Waals surface area (Å²) >= 11 is 0. The lowest BCUT2D eigenvalue weighted by molar-refractivity contribution is -0.110. The van der Waals surface area contributed by atoms with Crippen molar-refractivity contribution < 1.29 is 14.3 Å². The highest BCUT2D eigenvalue weighted by Crippen LogP contribution is 2.42. The Balaban J connectivity index is 1.96. The highest BCUT2D eigenvalue weighted by molar-refractivity contribution is 6.32. The van der Waals surface area contributed by atoms with E-state index in [1.807, 2.05) is 37.3 Å². The highest BCUT2D eigenvalue weighted by Gasteiger charge is 2.29. The van der Waals surface area contributed by atoms with Crippen LogP contribution in [0.3, 0.4) is 0 Å². The fourth-order valence-corrected chi connectivity index (χ4v) is 3.47. The Labute approximate surface area is 172 Å². The molecule has 1 aliphatic heterocycles. The van der Waals surface area contributed by atoms with Gasteiger partial charge in [-0.1, -0.05) is 32.9 Å². The molecule has 1 atom stereocenters. The summed E-state index contributed by atoms with van der Waals surface area (Å²) in [6.45, 7) is 6.23. The fraction of sp³-hybridized carbons (Fsp3) is 0.348. The quantitative estimate of drug-likeness (QED) is 0.599. The largest absolute Gasteiger partial charge is 0.493 e. The monoisotopic (exact) mass is 395 g/mol. The molecule has 2 aromatic rings. The molecular weight excluding hydrogens is 366 g/mol. The molecule has 0 aromatic heterocycles. The van der Waals surface area contributed by atoms with Crippen molar-refractivity contribution in [2.75, 3.05) is 24.9 Å².